The van der Waals surface area contributed by atoms with Gasteiger partial charge in [-0.25, -0.2) is 9.97 Å². The van der Waals surface area contributed by atoms with Crippen LogP contribution in [0.2, 0.25) is 0 Å². The summed E-state index contributed by atoms with van der Waals surface area (Å²) >= 11 is 0. The fraction of sp³-hybridized carbons (Fsp3) is 0.143. The molecule has 0 spiro atoms. The average Bonchev–Trinajstić information content (AvgIpc) is 2.15. The van der Waals surface area contributed by atoms with Crippen LogP contribution in [-0.2, 0) is 0 Å². The highest BCUT2D eigenvalue weighted by Gasteiger charge is 1.95. The highest BCUT2D eigenvalue weighted by atomic mass is 16.5. The van der Waals surface area contributed by atoms with Crippen molar-refractivity contribution in [3.05, 3.63) is 18.2 Å². The molecule has 1 heterocycles. The molecule has 12 heavy (non-hydrogen) atoms. The molecule has 5 heteroatoms. The van der Waals surface area contributed by atoms with E-state index in [4.69, 9.17) is 15.3 Å². The highest BCUT2D eigenvalue weighted by Crippen LogP contribution is 2.04. The van der Waals surface area contributed by atoms with Crippen LogP contribution in [-0.4, -0.2) is 16.6 Å². The van der Waals surface area contributed by atoms with E-state index < -0.39 is 0 Å². The monoisotopic (exact) mass is 160 g/mol. The van der Waals surface area contributed by atoms with Gasteiger partial charge in [0.2, 0.25) is 5.82 Å². The molecule has 1 aromatic rings. The zero-order valence-electron chi connectivity index (χ0n) is 6.06. The van der Waals surface area contributed by atoms with E-state index in [9.17, 15) is 0 Å². The lowest BCUT2D eigenvalue weighted by atomic mass is 10.5. The van der Waals surface area contributed by atoms with Crippen LogP contribution in [0.4, 0.5) is 0 Å². The molecule has 0 saturated carbocycles. The fourth-order valence-corrected chi connectivity index (χ4v) is 0.564. The van der Waals surface area contributed by atoms with Crippen molar-refractivity contribution in [2.24, 2.45) is 0 Å². The van der Waals surface area contributed by atoms with Crippen LogP contribution in [0, 0.1) is 22.7 Å². The van der Waals surface area contributed by atoms with Crippen LogP contribution < -0.4 is 4.74 Å². The molecule has 0 aromatic carbocycles. The molecule has 0 atom stereocenters. The van der Waals surface area contributed by atoms with E-state index in [1.54, 1.807) is 12.1 Å². The molecule has 0 unspecified atom stereocenters. The second-order valence-corrected chi connectivity index (χ2v) is 1.80. The summed E-state index contributed by atoms with van der Waals surface area (Å²) < 4.78 is 4.86. The number of nitriles is 2. The van der Waals surface area contributed by atoms with Gasteiger partial charge in [0.25, 0.3) is 0 Å². The van der Waals surface area contributed by atoms with E-state index >= 15 is 0 Å². The van der Waals surface area contributed by atoms with Crippen molar-refractivity contribution in [3.8, 4) is 17.9 Å². The van der Waals surface area contributed by atoms with Gasteiger partial charge in [0, 0.05) is 0 Å². The van der Waals surface area contributed by atoms with Gasteiger partial charge in [0.05, 0.1) is 12.4 Å². The van der Waals surface area contributed by atoms with E-state index in [-0.39, 0.29) is 12.4 Å². The summed E-state index contributed by atoms with van der Waals surface area (Å²) in [4.78, 5) is 7.29. The predicted octanol–water partition coefficient (Wildman–Crippen LogP) is 0.251. The van der Waals surface area contributed by atoms with Crippen molar-refractivity contribution < 1.29 is 4.74 Å². The van der Waals surface area contributed by atoms with E-state index in [1.807, 2.05) is 0 Å². The maximum absolute atomic E-state index is 8.34. The Bertz CT molecular complexity index is 332. The van der Waals surface area contributed by atoms with E-state index in [1.165, 1.54) is 12.4 Å². The van der Waals surface area contributed by atoms with E-state index in [0.717, 1.165) is 0 Å². The van der Waals surface area contributed by atoms with Gasteiger partial charge >= 0.3 is 0 Å². The molecule has 0 aliphatic rings. The Balaban J connectivity index is 2.68. The number of aromatic nitrogens is 2. The Morgan fingerprint density at radius 1 is 1.33 bits per heavy atom. The summed E-state index contributed by atoms with van der Waals surface area (Å²) in [6, 6.07) is 3.57. The standard InChI is InChI=1S/C7H4N4O/c8-1-2-12-6-4-10-7(3-9)11-5-6/h4-5H,2H2. The van der Waals surface area contributed by atoms with Crippen molar-refractivity contribution in [2.75, 3.05) is 6.61 Å². The van der Waals surface area contributed by atoms with Gasteiger partial charge in [-0.3, -0.25) is 0 Å². The Hall–Kier alpha value is -2.14. The Labute approximate surface area is 68.9 Å². The van der Waals surface area contributed by atoms with Crippen LogP contribution in [0.5, 0.6) is 5.75 Å². The smallest absolute Gasteiger partial charge is 0.232 e. The van der Waals surface area contributed by atoms with Crippen LogP contribution in [0.25, 0.3) is 0 Å². The first-order chi connectivity index (χ1) is 5.86. The van der Waals surface area contributed by atoms with Crippen molar-refractivity contribution >= 4 is 0 Å². The van der Waals surface area contributed by atoms with Gasteiger partial charge in [-0.2, -0.15) is 10.5 Å². The van der Waals surface area contributed by atoms with Crippen LogP contribution in [0.3, 0.4) is 0 Å². The second-order valence-electron chi connectivity index (χ2n) is 1.80. The van der Waals surface area contributed by atoms with Crippen LogP contribution >= 0.6 is 0 Å². The van der Waals surface area contributed by atoms with Crippen molar-refractivity contribution in [1.82, 2.24) is 9.97 Å². The third-order valence-corrected chi connectivity index (χ3v) is 1.03. The minimum atomic E-state index is -0.0464. The number of hydrogen-bond donors (Lipinski definition) is 0. The third kappa shape index (κ3) is 1.93. The summed E-state index contributed by atoms with van der Waals surface area (Å²) in [6.45, 7) is -0.0464. The number of hydrogen-bond acceptors (Lipinski definition) is 5. The molecule has 0 radical (unpaired) electrons. The molecule has 58 valence electrons. The first kappa shape index (κ1) is 7.96. The van der Waals surface area contributed by atoms with Crippen molar-refractivity contribution in [2.45, 2.75) is 0 Å². The summed E-state index contributed by atoms with van der Waals surface area (Å²) in [5.74, 6) is 0.467. The Morgan fingerprint density at radius 3 is 2.50 bits per heavy atom. The van der Waals surface area contributed by atoms with Gasteiger partial charge < -0.3 is 4.74 Å². The number of rotatable bonds is 2. The second kappa shape index (κ2) is 3.89. The molecule has 0 aliphatic heterocycles. The van der Waals surface area contributed by atoms with Gasteiger partial charge in [0.15, 0.2) is 12.4 Å². The first-order valence-electron chi connectivity index (χ1n) is 3.08. The van der Waals surface area contributed by atoms with E-state index in [2.05, 4.69) is 9.97 Å². The lowest BCUT2D eigenvalue weighted by Gasteiger charge is -1.97. The average molecular weight is 160 g/mol. The molecule has 5 nitrogen and oxygen atoms in total. The summed E-state index contributed by atoms with van der Waals surface area (Å²) in [6.07, 6.45) is 2.70. The fourth-order valence-electron chi connectivity index (χ4n) is 0.564. The third-order valence-electron chi connectivity index (χ3n) is 1.03. The lowest BCUT2D eigenvalue weighted by Crippen LogP contribution is -1.96. The summed E-state index contributed by atoms with van der Waals surface area (Å²) in [5.41, 5.74) is 0. The molecule has 0 amide bonds. The predicted molar refractivity (Wildman–Crippen MR) is 37.9 cm³/mol. The molecule has 0 saturated heterocycles. The van der Waals surface area contributed by atoms with E-state index in [0.29, 0.717) is 5.75 Å². The molecular formula is C7H4N4O. The zero-order valence-corrected chi connectivity index (χ0v) is 6.06. The number of nitrogens with zero attached hydrogens (tertiary/aromatic N) is 4. The quantitative estimate of drug-likeness (QED) is 0.619. The Morgan fingerprint density at radius 2 is 2.00 bits per heavy atom. The maximum atomic E-state index is 8.34. The minimum absolute atomic E-state index is 0.0464. The van der Waals surface area contributed by atoms with Crippen LogP contribution in [0.1, 0.15) is 5.82 Å². The van der Waals surface area contributed by atoms with Crippen molar-refractivity contribution in [3.63, 3.8) is 0 Å². The number of ether oxygens (including phenoxy) is 1. The lowest BCUT2D eigenvalue weighted by molar-refractivity contribution is 0.364. The van der Waals surface area contributed by atoms with Gasteiger partial charge in [-0.15, -0.1) is 0 Å². The Kier molecular flexibility index (Phi) is 2.58. The summed E-state index contributed by atoms with van der Waals surface area (Å²) in [5, 5.41) is 16.5. The SMILES string of the molecule is N#CCOc1cnc(C#N)nc1. The van der Waals surface area contributed by atoms with Crippen molar-refractivity contribution in [1.29, 1.82) is 10.5 Å². The topological polar surface area (TPSA) is 82.6 Å². The summed E-state index contributed by atoms with van der Waals surface area (Å²) in [7, 11) is 0. The minimum Gasteiger partial charge on any atom is -0.476 e. The largest absolute Gasteiger partial charge is 0.476 e. The first-order valence-corrected chi connectivity index (χ1v) is 3.08. The van der Waals surface area contributed by atoms with Gasteiger partial charge in [0.1, 0.15) is 12.1 Å². The molecule has 0 bridgehead atoms. The molecule has 0 aliphatic carbocycles. The molecule has 1 aromatic heterocycles. The van der Waals surface area contributed by atoms with Gasteiger partial charge in [-0.05, 0) is 0 Å². The maximum Gasteiger partial charge on any atom is 0.232 e. The van der Waals surface area contributed by atoms with Crippen LogP contribution in [0.15, 0.2) is 12.4 Å². The molecule has 1 rings (SSSR count). The molecule has 0 N–H and O–H groups in total. The molecule has 0 fully saturated rings. The van der Waals surface area contributed by atoms with Gasteiger partial charge in [-0.1, -0.05) is 0 Å². The molecular weight excluding hydrogens is 156 g/mol. The zero-order chi connectivity index (χ0) is 8.81. The normalized spacial score (nSPS) is 8.17. The highest BCUT2D eigenvalue weighted by molar-refractivity contribution is 5.17.